The Morgan fingerprint density at radius 2 is 0.689 bits per heavy atom. The van der Waals surface area contributed by atoms with Crippen LogP contribution in [0.3, 0.4) is 0 Å². The number of anilines is 9. The third-order valence-corrected chi connectivity index (χ3v) is 19.4. The van der Waals surface area contributed by atoms with Gasteiger partial charge in [-0.25, -0.2) is 0 Å². The SMILES string of the molecule is CC(C)c1ccc2c(c1)B1c3cc4c(cc3N3c5ccccc5B5c6ccccc6N6c7ccccc7B7c8ccccc8N2c2c7c6c5c3c21)B(c1c(C(C)C)cc(C(C)C)cc1C(C)C)c1ccccc1S4. The van der Waals surface area contributed by atoms with Crippen LogP contribution in [-0.2, 0) is 0 Å². The van der Waals surface area contributed by atoms with Gasteiger partial charge in [-0.05, 0) is 138 Å². The standard InChI is InChI=1S/C66H55B4N3S/c1-36(2)40-29-30-56-49(33-40)70-50-35-59-51(69(48-23-13-18-28-58(48)74-59)60-42(38(5)6)31-41(37(3)4)32-43(60)39(7)8)34-57(50)73-55-27-17-12-22-47(55)68-45-20-10-15-25-53(45)71-52-24-14-9-19-44(52)67-46-21-11-16-26-54(46)72(56)65-61(67)64(71)62(68)66(73)63(65)70/h9-39H,1-8H3. The highest BCUT2D eigenvalue weighted by molar-refractivity contribution is 8.00. The molecule has 0 N–H and O–H groups in total. The van der Waals surface area contributed by atoms with Gasteiger partial charge in [-0.3, -0.25) is 0 Å². The highest BCUT2D eigenvalue weighted by Gasteiger charge is 2.57. The molecule has 352 valence electrons. The summed E-state index contributed by atoms with van der Waals surface area (Å²) in [5.74, 6) is 1.54. The van der Waals surface area contributed by atoms with Gasteiger partial charge in [0.15, 0.2) is 0 Å². The molecule has 3 nitrogen and oxygen atoms in total. The molecule has 0 unspecified atom stereocenters. The summed E-state index contributed by atoms with van der Waals surface area (Å²) in [5, 5.41) is 0. The zero-order chi connectivity index (χ0) is 49.7. The first-order valence-electron chi connectivity index (χ1n) is 27.3. The smallest absolute Gasteiger partial charge is 0.252 e. The van der Waals surface area contributed by atoms with Crippen LogP contribution < -0.4 is 80.3 Å². The van der Waals surface area contributed by atoms with Crippen LogP contribution in [0.15, 0.2) is 174 Å². The molecule has 7 aliphatic rings. The lowest BCUT2D eigenvalue weighted by molar-refractivity contribution is 0.812. The van der Waals surface area contributed by atoms with Crippen molar-refractivity contribution in [2.75, 3.05) is 14.7 Å². The van der Waals surface area contributed by atoms with Crippen molar-refractivity contribution in [1.29, 1.82) is 0 Å². The fourth-order valence-electron chi connectivity index (χ4n) is 15.1. The van der Waals surface area contributed by atoms with E-state index in [1.54, 1.807) is 0 Å². The number of hydrogen-bond donors (Lipinski definition) is 0. The van der Waals surface area contributed by atoms with Gasteiger partial charge in [0, 0.05) is 61.0 Å². The average molecular weight is 966 g/mol. The second-order valence-corrected chi connectivity index (χ2v) is 24.5. The van der Waals surface area contributed by atoms with E-state index in [1.165, 1.54) is 149 Å². The van der Waals surface area contributed by atoms with E-state index in [0.29, 0.717) is 23.7 Å². The number of hydrogen-bond acceptors (Lipinski definition) is 4. The molecule has 7 aliphatic heterocycles. The number of nitrogens with zero attached hydrogens (tertiary/aromatic N) is 3. The third kappa shape index (κ3) is 5.45. The summed E-state index contributed by atoms with van der Waals surface area (Å²) in [6.07, 6.45) is 0. The van der Waals surface area contributed by atoms with Gasteiger partial charge in [0.05, 0.1) is 0 Å². The third-order valence-electron chi connectivity index (χ3n) is 18.2. The van der Waals surface area contributed by atoms with Crippen LogP contribution >= 0.6 is 11.8 Å². The van der Waals surface area contributed by atoms with E-state index < -0.39 is 0 Å². The molecule has 0 fully saturated rings. The zero-order valence-corrected chi connectivity index (χ0v) is 44.3. The van der Waals surface area contributed by atoms with Crippen LogP contribution in [-0.4, -0.2) is 26.9 Å². The molecule has 0 atom stereocenters. The Morgan fingerprint density at radius 1 is 0.297 bits per heavy atom. The molecule has 9 aromatic rings. The topological polar surface area (TPSA) is 9.72 Å². The molecule has 0 bridgehead atoms. The van der Waals surface area contributed by atoms with Gasteiger partial charge in [0.1, 0.15) is 0 Å². The molecule has 0 saturated carbocycles. The maximum atomic E-state index is 2.79. The first-order chi connectivity index (χ1) is 36.1. The maximum absolute atomic E-state index is 2.79. The first kappa shape index (κ1) is 43.4. The molecule has 0 amide bonds. The highest BCUT2D eigenvalue weighted by atomic mass is 32.2. The van der Waals surface area contributed by atoms with Crippen molar-refractivity contribution in [3.63, 3.8) is 0 Å². The van der Waals surface area contributed by atoms with Crippen LogP contribution in [0.2, 0.25) is 0 Å². The Morgan fingerprint density at radius 3 is 1.16 bits per heavy atom. The van der Waals surface area contributed by atoms with Crippen molar-refractivity contribution in [1.82, 2.24) is 0 Å². The molecule has 16 rings (SSSR count). The Kier molecular flexibility index (Phi) is 8.97. The molecule has 0 saturated heterocycles. The summed E-state index contributed by atoms with van der Waals surface area (Å²) < 4.78 is 0. The maximum Gasteiger partial charge on any atom is 0.252 e. The Bertz CT molecular complexity index is 3950. The fraction of sp³-hybridized carbons (Fsp3) is 0.182. The predicted octanol–water partition coefficient (Wildman–Crippen LogP) is 9.00. The molecule has 7 heterocycles. The molecular weight excluding hydrogens is 910 g/mol. The molecule has 0 radical (unpaired) electrons. The van der Waals surface area contributed by atoms with Gasteiger partial charge in [0.25, 0.3) is 20.1 Å². The Balaban J connectivity index is 1.08. The zero-order valence-electron chi connectivity index (χ0n) is 43.5. The monoisotopic (exact) mass is 965 g/mol. The number of rotatable bonds is 5. The quantitative estimate of drug-likeness (QED) is 0.160. The van der Waals surface area contributed by atoms with Crippen LogP contribution in [0.1, 0.15) is 101 Å². The molecule has 0 spiro atoms. The second kappa shape index (κ2) is 15.3. The molecule has 0 aromatic heterocycles. The average Bonchev–Trinajstić information content (AvgIpc) is 3.59. The van der Waals surface area contributed by atoms with Crippen molar-refractivity contribution in [2.24, 2.45) is 0 Å². The molecule has 9 aromatic carbocycles. The van der Waals surface area contributed by atoms with E-state index in [4.69, 9.17) is 0 Å². The number of fused-ring (bicyclic) bond motifs is 20. The van der Waals surface area contributed by atoms with Gasteiger partial charge in [-0.2, -0.15) is 0 Å². The van der Waals surface area contributed by atoms with Gasteiger partial charge in [0.2, 0.25) is 6.71 Å². The van der Waals surface area contributed by atoms with Gasteiger partial charge < -0.3 is 14.7 Å². The van der Waals surface area contributed by atoms with Crippen molar-refractivity contribution in [3.8, 4) is 0 Å². The minimum absolute atomic E-state index is 0.00154. The number of benzene rings is 9. The summed E-state index contributed by atoms with van der Waals surface area (Å²) in [5.41, 5.74) is 34.8. The van der Waals surface area contributed by atoms with E-state index >= 15 is 0 Å². The Hall–Kier alpha value is -7.01. The van der Waals surface area contributed by atoms with Gasteiger partial charge in [-0.15, -0.1) is 0 Å². The van der Waals surface area contributed by atoms with Crippen molar-refractivity contribution < 1.29 is 0 Å². The van der Waals surface area contributed by atoms with E-state index in [2.05, 4.69) is 234 Å². The summed E-state index contributed by atoms with van der Waals surface area (Å²) in [4.78, 5) is 10.9. The van der Waals surface area contributed by atoms with Crippen LogP contribution in [0.25, 0.3) is 0 Å². The first-order valence-corrected chi connectivity index (χ1v) is 28.2. The van der Waals surface area contributed by atoms with E-state index in [1.807, 2.05) is 11.8 Å². The highest BCUT2D eigenvalue weighted by Crippen LogP contribution is 2.52. The van der Waals surface area contributed by atoms with Crippen LogP contribution in [0.5, 0.6) is 0 Å². The number of para-hydroxylation sites is 4. The van der Waals surface area contributed by atoms with Crippen molar-refractivity contribution >= 4 is 155 Å². The van der Waals surface area contributed by atoms with Crippen molar-refractivity contribution in [3.05, 3.63) is 186 Å². The molecule has 8 heteroatoms. The Labute approximate surface area is 442 Å². The van der Waals surface area contributed by atoms with E-state index in [-0.39, 0.29) is 26.9 Å². The predicted molar refractivity (Wildman–Crippen MR) is 322 cm³/mol. The lowest BCUT2D eigenvalue weighted by Gasteiger charge is -2.55. The van der Waals surface area contributed by atoms with Crippen molar-refractivity contribution in [2.45, 2.75) is 88.9 Å². The summed E-state index contributed by atoms with van der Waals surface area (Å²) in [6, 6.07) is 64.9. The van der Waals surface area contributed by atoms with E-state index in [9.17, 15) is 0 Å². The second-order valence-electron chi connectivity index (χ2n) is 23.4. The fourth-order valence-corrected chi connectivity index (χ4v) is 16.2. The van der Waals surface area contributed by atoms with E-state index in [0.717, 1.165) is 0 Å². The lowest BCUT2D eigenvalue weighted by Crippen LogP contribution is -2.75. The molecule has 0 aliphatic carbocycles. The largest absolute Gasteiger partial charge is 0.312 e. The summed E-state index contributed by atoms with van der Waals surface area (Å²) in [7, 11) is 0. The van der Waals surface area contributed by atoms with Gasteiger partial charge in [-0.1, -0.05) is 205 Å². The van der Waals surface area contributed by atoms with Gasteiger partial charge >= 0.3 is 0 Å². The molecule has 74 heavy (non-hydrogen) atoms. The summed E-state index contributed by atoms with van der Waals surface area (Å²) in [6.45, 7) is 19.3. The summed E-state index contributed by atoms with van der Waals surface area (Å²) >= 11 is 1.99. The minimum Gasteiger partial charge on any atom is -0.312 e. The molecular formula is C66H55B4N3S. The normalized spacial score (nSPS) is 15.0. The lowest BCUT2D eigenvalue weighted by atomic mass is 9.24. The van der Waals surface area contributed by atoms with Crippen LogP contribution in [0, 0.1) is 0 Å². The van der Waals surface area contributed by atoms with Crippen LogP contribution in [0.4, 0.5) is 51.2 Å². The minimum atomic E-state index is 0.00154.